The van der Waals surface area contributed by atoms with Crippen LogP contribution >= 0.6 is 11.6 Å². The number of rotatable bonds is 9. The van der Waals surface area contributed by atoms with E-state index < -0.39 is 11.8 Å². The Kier molecular flexibility index (Phi) is 7.36. The Labute approximate surface area is 167 Å². The lowest BCUT2D eigenvalue weighted by atomic mass is 10.1. The first-order chi connectivity index (χ1) is 13.2. The molecule has 0 saturated carbocycles. The van der Waals surface area contributed by atoms with Crippen LogP contribution in [0, 0.1) is 0 Å². The van der Waals surface area contributed by atoms with Gasteiger partial charge < -0.3 is 21.5 Å². The molecule has 0 fully saturated rings. The van der Waals surface area contributed by atoms with E-state index in [1.807, 2.05) is 0 Å². The van der Waals surface area contributed by atoms with E-state index in [9.17, 15) is 14.4 Å². The van der Waals surface area contributed by atoms with E-state index in [-0.39, 0.29) is 29.3 Å². The SMILES string of the molecule is CN(CCOc1ccc(Cl)cc1)CC(=O)Nc1cc(C(N)=O)cc(C(N)=O)c1. The number of benzene rings is 2. The highest BCUT2D eigenvalue weighted by atomic mass is 35.5. The molecule has 0 atom stereocenters. The molecule has 0 aliphatic rings. The van der Waals surface area contributed by atoms with Crippen molar-refractivity contribution in [1.29, 1.82) is 0 Å². The first kappa shape index (κ1) is 21.2. The number of nitrogens with two attached hydrogens (primary N) is 2. The van der Waals surface area contributed by atoms with E-state index in [0.717, 1.165) is 0 Å². The predicted octanol–water partition coefficient (Wildman–Crippen LogP) is 1.49. The zero-order valence-corrected chi connectivity index (χ0v) is 16.0. The molecule has 0 bridgehead atoms. The van der Waals surface area contributed by atoms with Crippen molar-refractivity contribution in [3.63, 3.8) is 0 Å². The number of anilines is 1. The van der Waals surface area contributed by atoms with Gasteiger partial charge in [0.05, 0.1) is 6.54 Å². The number of amides is 3. The van der Waals surface area contributed by atoms with Crippen molar-refractivity contribution in [3.05, 3.63) is 58.6 Å². The number of carbonyl (C=O) groups is 3. The van der Waals surface area contributed by atoms with Gasteiger partial charge >= 0.3 is 0 Å². The molecule has 0 spiro atoms. The first-order valence-corrected chi connectivity index (χ1v) is 8.74. The fourth-order valence-electron chi connectivity index (χ4n) is 2.36. The van der Waals surface area contributed by atoms with Gasteiger partial charge in [0, 0.05) is 28.4 Å². The summed E-state index contributed by atoms with van der Waals surface area (Å²) in [6.07, 6.45) is 0. The highest BCUT2D eigenvalue weighted by molar-refractivity contribution is 6.30. The van der Waals surface area contributed by atoms with Crippen molar-refractivity contribution in [2.24, 2.45) is 11.5 Å². The molecule has 3 amide bonds. The van der Waals surface area contributed by atoms with Crippen LogP contribution in [-0.2, 0) is 4.79 Å². The Balaban J connectivity index is 1.87. The van der Waals surface area contributed by atoms with Crippen molar-refractivity contribution < 1.29 is 19.1 Å². The van der Waals surface area contributed by atoms with Gasteiger partial charge in [-0.3, -0.25) is 19.3 Å². The average Bonchev–Trinajstić information content (AvgIpc) is 2.62. The summed E-state index contributed by atoms with van der Waals surface area (Å²) in [5.41, 5.74) is 10.9. The standard InChI is InChI=1S/C19H21ClN4O4/c1-24(6-7-28-16-4-2-14(20)3-5-16)11-17(25)23-15-9-12(18(21)26)8-13(10-15)19(22)27/h2-5,8-10H,6-7,11H2,1H3,(H2,21,26)(H2,22,27)(H,23,25). The average molecular weight is 405 g/mol. The van der Waals surface area contributed by atoms with Crippen LogP contribution in [0.2, 0.25) is 5.02 Å². The number of nitrogens with one attached hydrogen (secondary N) is 1. The maximum absolute atomic E-state index is 12.2. The quantitative estimate of drug-likeness (QED) is 0.583. The second-order valence-electron chi connectivity index (χ2n) is 6.12. The number of primary amides is 2. The van der Waals surface area contributed by atoms with Crippen LogP contribution in [0.4, 0.5) is 5.69 Å². The lowest BCUT2D eigenvalue weighted by Crippen LogP contribution is -2.33. The van der Waals surface area contributed by atoms with E-state index in [1.54, 1.807) is 36.2 Å². The maximum atomic E-state index is 12.2. The molecule has 2 aromatic carbocycles. The van der Waals surface area contributed by atoms with Gasteiger partial charge in [0.1, 0.15) is 12.4 Å². The third-order valence-corrected chi connectivity index (χ3v) is 4.01. The highest BCUT2D eigenvalue weighted by Crippen LogP contribution is 2.16. The van der Waals surface area contributed by atoms with E-state index in [4.69, 9.17) is 27.8 Å². The Bertz CT molecular complexity index is 838. The molecule has 8 nitrogen and oxygen atoms in total. The van der Waals surface area contributed by atoms with Crippen LogP contribution in [0.15, 0.2) is 42.5 Å². The Morgan fingerprint density at radius 3 is 2.14 bits per heavy atom. The molecule has 28 heavy (non-hydrogen) atoms. The molecule has 0 saturated heterocycles. The number of carbonyl (C=O) groups excluding carboxylic acids is 3. The molecule has 0 aromatic heterocycles. The molecule has 0 aliphatic carbocycles. The van der Waals surface area contributed by atoms with Crippen molar-refractivity contribution >= 4 is 35.0 Å². The van der Waals surface area contributed by atoms with Gasteiger partial charge in [-0.25, -0.2) is 0 Å². The minimum absolute atomic E-state index is 0.0799. The van der Waals surface area contributed by atoms with Gasteiger partial charge in [0.25, 0.3) is 0 Å². The summed E-state index contributed by atoms with van der Waals surface area (Å²) in [4.78, 5) is 36.7. The normalized spacial score (nSPS) is 10.5. The first-order valence-electron chi connectivity index (χ1n) is 8.36. The summed E-state index contributed by atoms with van der Waals surface area (Å²) < 4.78 is 5.58. The van der Waals surface area contributed by atoms with Gasteiger partial charge in [0.15, 0.2) is 0 Å². The van der Waals surface area contributed by atoms with Crippen molar-refractivity contribution in [1.82, 2.24) is 4.90 Å². The van der Waals surface area contributed by atoms with Gasteiger partial charge in [-0.05, 0) is 49.5 Å². The number of ether oxygens (including phenoxy) is 1. The van der Waals surface area contributed by atoms with Gasteiger partial charge in [-0.1, -0.05) is 11.6 Å². The van der Waals surface area contributed by atoms with E-state index in [1.165, 1.54) is 18.2 Å². The fourth-order valence-corrected chi connectivity index (χ4v) is 2.49. The van der Waals surface area contributed by atoms with Crippen LogP contribution in [0.3, 0.4) is 0 Å². The van der Waals surface area contributed by atoms with Crippen LogP contribution in [0.1, 0.15) is 20.7 Å². The summed E-state index contributed by atoms with van der Waals surface area (Å²) in [6.45, 7) is 0.967. The van der Waals surface area contributed by atoms with E-state index in [0.29, 0.717) is 23.9 Å². The monoisotopic (exact) mass is 404 g/mol. The van der Waals surface area contributed by atoms with E-state index in [2.05, 4.69) is 5.32 Å². The molecule has 0 unspecified atom stereocenters. The van der Waals surface area contributed by atoms with Crippen LogP contribution < -0.4 is 21.5 Å². The number of likely N-dealkylation sites (N-methyl/N-ethyl adjacent to an activating group) is 1. The highest BCUT2D eigenvalue weighted by Gasteiger charge is 2.12. The number of halogens is 1. The Morgan fingerprint density at radius 2 is 1.61 bits per heavy atom. The minimum atomic E-state index is -0.727. The zero-order chi connectivity index (χ0) is 20.7. The number of hydrogen-bond acceptors (Lipinski definition) is 5. The third kappa shape index (κ3) is 6.57. The Morgan fingerprint density at radius 1 is 1.04 bits per heavy atom. The molecule has 148 valence electrons. The molecule has 0 heterocycles. The number of nitrogens with zero attached hydrogens (tertiary/aromatic N) is 1. The molecule has 0 aliphatic heterocycles. The van der Waals surface area contributed by atoms with Crippen molar-refractivity contribution in [2.45, 2.75) is 0 Å². The molecule has 5 N–H and O–H groups in total. The van der Waals surface area contributed by atoms with E-state index >= 15 is 0 Å². The summed E-state index contributed by atoms with van der Waals surface area (Å²) in [5, 5.41) is 3.25. The second kappa shape index (κ2) is 9.72. The lowest BCUT2D eigenvalue weighted by Gasteiger charge is -2.17. The zero-order valence-electron chi connectivity index (χ0n) is 15.3. The lowest BCUT2D eigenvalue weighted by molar-refractivity contribution is -0.117. The Hall–Kier alpha value is -3.10. The maximum Gasteiger partial charge on any atom is 0.248 e. The van der Waals surface area contributed by atoms with Crippen LogP contribution in [0.25, 0.3) is 0 Å². The molecule has 2 rings (SSSR count). The molecule has 2 aromatic rings. The fraction of sp³-hybridized carbons (Fsp3) is 0.211. The number of hydrogen-bond donors (Lipinski definition) is 3. The van der Waals surface area contributed by atoms with Crippen LogP contribution in [-0.4, -0.2) is 49.4 Å². The van der Waals surface area contributed by atoms with Crippen molar-refractivity contribution in [3.8, 4) is 5.75 Å². The van der Waals surface area contributed by atoms with Gasteiger partial charge in [0.2, 0.25) is 17.7 Å². The van der Waals surface area contributed by atoms with Crippen molar-refractivity contribution in [2.75, 3.05) is 32.1 Å². The third-order valence-electron chi connectivity index (χ3n) is 3.75. The molecular formula is C19H21ClN4O4. The smallest absolute Gasteiger partial charge is 0.248 e. The summed E-state index contributed by atoms with van der Waals surface area (Å²) >= 11 is 5.81. The van der Waals surface area contributed by atoms with Crippen LogP contribution in [0.5, 0.6) is 5.75 Å². The molecular weight excluding hydrogens is 384 g/mol. The largest absolute Gasteiger partial charge is 0.492 e. The van der Waals surface area contributed by atoms with Gasteiger partial charge in [-0.2, -0.15) is 0 Å². The summed E-state index contributed by atoms with van der Waals surface area (Å²) in [7, 11) is 1.76. The molecule has 0 radical (unpaired) electrons. The van der Waals surface area contributed by atoms with Gasteiger partial charge in [-0.15, -0.1) is 0 Å². The summed E-state index contributed by atoms with van der Waals surface area (Å²) in [6, 6.07) is 11.0. The summed E-state index contributed by atoms with van der Waals surface area (Å²) in [5.74, 6) is -1.10. The molecule has 9 heteroatoms. The minimum Gasteiger partial charge on any atom is -0.492 e. The predicted molar refractivity (Wildman–Crippen MR) is 107 cm³/mol. The second-order valence-corrected chi connectivity index (χ2v) is 6.55. The topological polar surface area (TPSA) is 128 Å².